The minimum absolute atomic E-state index is 0.0815. The number of hydrogen-bond acceptors (Lipinski definition) is 4. The number of rotatable bonds is 9. The minimum Gasteiger partial charge on any atom is -0.492 e. The van der Waals surface area contributed by atoms with Crippen molar-refractivity contribution in [1.82, 2.24) is 10.6 Å². The number of amides is 2. The average molecular weight is 351 g/mol. The zero-order chi connectivity index (χ0) is 17.2. The number of benzene rings is 1. The van der Waals surface area contributed by atoms with E-state index in [1.807, 2.05) is 0 Å². The van der Waals surface area contributed by atoms with Crippen LogP contribution in [0.5, 0.6) is 5.75 Å². The summed E-state index contributed by atoms with van der Waals surface area (Å²) in [6.07, 6.45) is 2.32. The van der Waals surface area contributed by atoms with Gasteiger partial charge in [0.1, 0.15) is 12.4 Å². The topological polar surface area (TPSA) is 80.6 Å². The van der Waals surface area contributed by atoms with E-state index in [1.54, 1.807) is 36.4 Å². The Bertz CT molecular complexity index is 641. The second-order valence-corrected chi connectivity index (χ2v) is 5.43. The molecule has 6 nitrogen and oxygen atoms in total. The third kappa shape index (κ3) is 6.34. The van der Waals surface area contributed by atoms with E-state index in [0.717, 1.165) is 0 Å². The lowest BCUT2D eigenvalue weighted by molar-refractivity contribution is -0.121. The maximum atomic E-state index is 11.7. The molecule has 0 fully saturated rings. The zero-order valence-electron chi connectivity index (χ0n) is 13.1. The Balaban J connectivity index is 1.50. The van der Waals surface area contributed by atoms with E-state index >= 15 is 0 Å². The predicted molar refractivity (Wildman–Crippen MR) is 90.2 cm³/mol. The first kappa shape index (κ1) is 17.9. The summed E-state index contributed by atoms with van der Waals surface area (Å²) in [4.78, 5) is 23.2. The van der Waals surface area contributed by atoms with Gasteiger partial charge in [0.2, 0.25) is 5.91 Å². The van der Waals surface area contributed by atoms with Crippen LogP contribution in [-0.2, 0) is 4.79 Å². The van der Waals surface area contributed by atoms with Crippen molar-refractivity contribution in [3.05, 3.63) is 53.4 Å². The van der Waals surface area contributed by atoms with Crippen molar-refractivity contribution in [2.24, 2.45) is 0 Å². The fourth-order valence-corrected chi connectivity index (χ4v) is 2.05. The van der Waals surface area contributed by atoms with Crippen molar-refractivity contribution >= 4 is 23.4 Å². The van der Waals surface area contributed by atoms with E-state index in [-0.39, 0.29) is 17.6 Å². The summed E-state index contributed by atoms with van der Waals surface area (Å²) in [5, 5.41) is 6.09. The van der Waals surface area contributed by atoms with Gasteiger partial charge in [-0.2, -0.15) is 0 Å². The van der Waals surface area contributed by atoms with E-state index in [1.165, 1.54) is 6.26 Å². The highest BCUT2D eigenvalue weighted by atomic mass is 35.5. The van der Waals surface area contributed by atoms with Gasteiger partial charge >= 0.3 is 0 Å². The fourth-order valence-electron chi connectivity index (χ4n) is 1.92. The Hall–Kier alpha value is -2.47. The van der Waals surface area contributed by atoms with Gasteiger partial charge in [0.15, 0.2) is 5.76 Å². The SMILES string of the molecule is O=C(CCCNC(=O)c1ccco1)NCCOc1ccc(Cl)cc1. The lowest BCUT2D eigenvalue weighted by Gasteiger charge is -2.08. The quantitative estimate of drug-likeness (QED) is 0.681. The van der Waals surface area contributed by atoms with Crippen molar-refractivity contribution in [2.75, 3.05) is 19.7 Å². The molecule has 2 N–H and O–H groups in total. The number of halogens is 1. The lowest BCUT2D eigenvalue weighted by atomic mass is 10.3. The molecule has 1 aromatic carbocycles. The molecule has 24 heavy (non-hydrogen) atoms. The molecule has 2 amide bonds. The predicted octanol–water partition coefficient (Wildman–Crippen LogP) is 2.64. The highest BCUT2D eigenvalue weighted by Gasteiger charge is 2.07. The number of furan rings is 1. The van der Waals surface area contributed by atoms with E-state index in [2.05, 4.69) is 10.6 Å². The number of hydrogen-bond donors (Lipinski definition) is 2. The van der Waals surface area contributed by atoms with E-state index < -0.39 is 0 Å². The Kier molecular flexibility index (Phi) is 7.17. The highest BCUT2D eigenvalue weighted by molar-refractivity contribution is 6.30. The third-order valence-corrected chi connectivity index (χ3v) is 3.37. The summed E-state index contributed by atoms with van der Waals surface area (Å²) in [5.41, 5.74) is 0. The van der Waals surface area contributed by atoms with E-state index in [4.69, 9.17) is 20.8 Å². The number of nitrogens with one attached hydrogen (secondary N) is 2. The second-order valence-electron chi connectivity index (χ2n) is 4.99. The molecule has 0 aliphatic rings. The van der Waals surface area contributed by atoms with Gasteiger partial charge in [-0.25, -0.2) is 0 Å². The maximum Gasteiger partial charge on any atom is 0.286 e. The maximum absolute atomic E-state index is 11.7. The van der Waals surface area contributed by atoms with Crippen LogP contribution in [0.4, 0.5) is 0 Å². The molecule has 0 atom stereocenters. The van der Waals surface area contributed by atoms with Gasteiger partial charge in [0, 0.05) is 18.0 Å². The number of ether oxygens (including phenoxy) is 1. The first-order chi connectivity index (χ1) is 11.6. The van der Waals surface area contributed by atoms with Crippen molar-refractivity contribution in [3.63, 3.8) is 0 Å². The molecule has 0 saturated heterocycles. The fraction of sp³-hybridized carbons (Fsp3) is 0.294. The molecular weight excluding hydrogens is 332 g/mol. The first-order valence-electron chi connectivity index (χ1n) is 7.62. The molecule has 2 rings (SSSR count). The van der Waals surface area contributed by atoms with Crippen LogP contribution in [0.15, 0.2) is 47.1 Å². The molecule has 1 heterocycles. The Morgan fingerprint density at radius 3 is 2.58 bits per heavy atom. The second kappa shape index (κ2) is 9.62. The minimum atomic E-state index is -0.281. The molecule has 0 aliphatic heterocycles. The van der Waals surface area contributed by atoms with Gasteiger partial charge in [-0.05, 0) is 42.8 Å². The van der Waals surface area contributed by atoms with Crippen LogP contribution in [0, 0.1) is 0 Å². The van der Waals surface area contributed by atoms with Gasteiger partial charge in [-0.1, -0.05) is 11.6 Å². The molecular formula is C17H19ClN2O4. The van der Waals surface area contributed by atoms with Gasteiger partial charge in [-0.15, -0.1) is 0 Å². The molecule has 1 aromatic heterocycles. The standard InChI is InChI=1S/C17H19ClN2O4/c18-13-5-7-14(8-6-13)23-12-10-19-16(21)4-1-9-20-17(22)15-3-2-11-24-15/h2-3,5-8,11H,1,4,9-10,12H2,(H,19,21)(H,20,22). The van der Waals surface area contributed by atoms with Crippen molar-refractivity contribution in [2.45, 2.75) is 12.8 Å². The lowest BCUT2D eigenvalue weighted by Crippen LogP contribution is -2.29. The van der Waals surface area contributed by atoms with Crippen molar-refractivity contribution in [1.29, 1.82) is 0 Å². The summed E-state index contributed by atoms with van der Waals surface area (Å²) in [5.74, 6) is 0.604. The van der Waals surface area contributed by atoms with Gasteiger partial charge in [0.25, 0.3) is 5.91 Å². The normalized spacial score (nSPS) is 10.2. The van der Waals surface area contributed by atoms with Gasteiger partial charge in [-0.3, -0.25) is 9.59 Å². The highest BCUT2D eigenvalue weighted by Crippen LogP contribution is 2.15. The van der Waals surface area contributed by atoms with Gasteiger partial charge in [0.05, 0.1) is 12.8 Å². The van der Waals surface area contributed by atoms with Crippen LogP contribution < -0.4 is 15.4 Å². The molecule has 2 aromatic rings. The average Bonchev–Trinajstić information content (AvgIpc) is 3.12. The molecule has 0 aliphatic carbocycles. The number of carbonyl (C=O) groups excluding carboxylic acids is 2. The number of carbonyl (C=O) groups is 2. The first-order valence-corrected chi connectivity index (χ1v) is 8.00. The van der Waals surface area contributed by atoms with Crippen LogP contribution in [-0.4, -0.2) is 31.5 Å². The van der Waals surface area contributed by atoms with Crippen LogP contribution >= 0.6 is 11.6 Å². The van der Waals surface area contributed by atoms with Gasteiger partial charge < -0.3 is 19.8 Å². The van der Waals surface area contributed by atoms with Crippen LogP contribution in [0.3, 0.4) is 0 Å². The molecule has 0 radical (unpaired) electrons. The summed E-state index contributed by atoms with van der Waals surface area (Å²) in [6.45, 7) is 1.21. The molecule has 128 valence electrons. The summed E-state index contributed by atoms with van der Waals surface area (Å²) in [6, 6.07) is 10.3. The van der Waals surface area contributed by atoms with Crippen LogP contribution in [0.2, 0.25) is 5.02 Å². The smallest absolute Gasteiger partial charge is 0.286 e. The molecule has 7 heteroatoms. The molecule has 0 spiro atoms. The van der Waals surface area contributed by atoms with E-state index in [9.17, 15) is 9.59 Å². The molecule has 0 unspecified atom stereocenters. The summed E-state index contributed by atoms with van der Waals surface area (Å²) < 4.78 is 10.4. The van der Waals surface area contributed by atoms with Crippen LogP contribution in [0.25, 0.3) is 0 Å². The van der Waals surface area contributed by atoms with Crippen molar-refractivity contribution in [3.8, 4) is 5.75 Å². The third-order valence-electron chi connectivity index (χ3n) is 3.12. The van der Waals surface area contributed by atoms with E-state index in [0.29, 0.717) is 43.3 Å². The van der Waals surface area contributed by atoms with Crippen LogP contribution in [0.1, 0.15) is 23.4 Å². The summed E-state index contributed by atoms with van der Waals surface area (Å²) in [7, 11) is 0. The zero-order valence-corrected chi connectivity index (χ0v) is 13.8. The Morgan fingerprint density at radius 1 is 1.08 bits per heavy atom. The Labute approximate surface area is 145 Å². The largest absolute Gasteiger partial charge is 0.492 e. The Morgan fingerprint density at radius 2 is 1.88 bits per heavy atom. The molecule has 0 saturated carbocycles. The summed E-state index contributed by atoms with van der Waals surface area (Å²) >= 11 is 5.78. The van der Waals surface area contributed by atoms with Crippen molar-refractivity contribution < 1.29 is 18.7 Å². The monoisotopic (exact) mass is 350 g/mol. The molecule has 0 bridgehead atoms.